The van der Waals surface area contributed by atoms with Gasteiger partial charge in [-0.1, -0.05) is 18.2 Å². The fraction of sp³-hybridized carbons (Fsp3) is 0.500. The van der Waals surface area contributed by atoms with E-state index >= 15 is 0 Å². The van der Waals surface area contributed by atoms with E-state index in [-0.39, 0.29) is 30.1 Å². The second-order valence-electron chi connectivity index (χ2n) is 6.43. The van der Waals surface area contributed by atoms with Crippen molar-refractivity contribution in [2.24, 2.45) is 5.92 Å². The van der Waals surface area contributed by atoms with Crippen LogP contribution < -0.4 is 4.90 Å². The molecule has 2 aliphatic rings. The Bertz CT molecular complexity index is 632. The molecule has 0 radical (unpaired) electrons. The van der Waals surface area contributed by atoms with Crippen molar-refractivity contribution in [1.82, 2.24) is 9.80 Å². The largest absolute Gasteiger partial charge is 0.341 e. The summed E-state index contributed by atoms with van der Waals surface area (Å²) in [6.07, 6.45) is 1.05. The lowest BCUT2D eigenvalue weighted by atomic mass is 10.1. The number of rotatable bonds is 2. The average molecular weight is 329 g/mol. The minimum absolute atomic E-state index is 0.000246. The fourth-order valence-corrected chi connectivity index (χ4v) is 3.44. The lowest BCUT2D eigenvalue weighted by Crippen LogP contribution is -2.40. The molecule has 3 rings (SSSR count). The maximum atomic E-state index is 12.8. The maximum absolute atomic E-state index is 12.8. The third kappa shape index (κ3) is 3.42. The normalized spacial score (nSPS) is 21.8. The van der Waals surface area contributed by atoms with Crippen LogP contribution in [0.1, 0.15) is 19.8 Å². The van der Waals surface area contributed by atoms with Gasteiger partial charge >= 0.3 is 0 Å². The van der Waals surface area contributed by atoms with E-state index in [0.29, 0.717) is 32.7 Å². The van der Waals surface area contributed by atoms with Crippen molar-refractivity contribution in [2.45, 2.75) is 19.8 Å². The summed E-state index contributed by atoms with van der Waals surface area (Å²) >= 11 is 0. The molecule has 0 spiro atoms. The third-order valence-electron chi connectivity index (χ3n) is 4.80. The Morgan fingerprint density at radius 2 is 1.67 bits per heavy atom. The van der Waals surface area contributed by atoms with E-state index in [1.54, 1.807) is 16.7 Å². The van der Waals surface area contributed by atoms with Gasteiger partial charge in [0.2, 0.25) is 17.7 Å². The summed E-state index contributed by atoms with van der Waals surface area (Å²) in [5, 5.41) is 0. The van der Waals surface area contributed by atoms with Crippen LogP contribution in [0.3, 0.4) is 0 Å². The Kier molecular flexibility index (Phi) is 4.83. The number of anilines is 1. The molecule has 6 nitrogen and oxygen atoms in total. The number of hydrogen-bond acceptors (Lipinski definition) is 3. The minimum Gasteiger partial charge on any atom is -0.341 e. The van der Waals surface area contributed by atoms with Crippen molar-refractivity contribution in [2.75, 3.05) is 37.6 Å². The predicted molar refractivity (Wildman–Crippen MR) is 90.4 cm³/mol. The first-order valence-electron chi connectivity index (χ1n) is 8.46. The molecule has 0 bridgehead atoms. The van der Waals surface area contributed by atoms with Gasteiger partial charge in [0.05, 0.1) is 5.92 Å². The number of para-hydroxylation sites is 1. The van der Waals surface area contributed by atoms with E-state index in [9.17, 15) is 14.4 Å². The molecule has 0 aromatic heterocycles. The molecule has 0 saturated carbocycles. The van der Waals surface area contributed by atoms with Gasteiger partial charge in [-0.3, -0.25) is 14.4 Å². The molecular formula is C18H23N3O3. The second kappa shape index (κ2) is 7.03. The quantitative estimate of drug-likeness (QED) is 0.817. The highest BCUT2D eigenvalue weighted by Gasteiger charge is 2.37. The number of benzene rings is 1. The molecular weight excluding hydrogens is 306 g/mol. The number of amides is 3. The van der Waals surface area contributed by atoms with E-state index in [4.69, 9.17) is 0 Å². The summed E-state index contributed by atoms with van der Waals surface area (Å²) in [4.78, 5) is 41.9. The van der Waals surface area contributed by atoms with Crippen LogP contribution >= 0.6 is 0 Å². The van der Waals surface area contributed by atoms with Crippen LogP contribution in [0.5, 0.6) is 0 Å². The van der Waals surface area contributed by atoms with Crippen LogP contribution in [0.25, 0.3) is 0 Å². The predicted octanol–water partition coefficient (Wildman–Crippen LogP) is 1.12. The first-order chi connectivity index (χ1) is 11.6. The summed E-state index contributed by atoms with van der Waals surface area (Å²) in [5.41, 5.74) is 0.844. The smallest absolute Gasteiger partial charge is 0.228 e. The summed E-state index contributed by atoms with van der Waals surface area (Å²) in [5.74, 6) is -0.205. The Balaban J connectivity index is 1.64. The maximum Gasteiger partial charge on any atom is 0.228 e. The van der Waals surface area contributed by atoms with Gasteiger partial charge in [-0.05, 0) is 18.6 Å². The van der Waals surface area contributed by atoms with Crippen LogP contribution in [-0.4, -0.2) is 60.2 Å². The molecule has 1 aromatic rings. The van der Waals surface area contributed by atoms with Crippen LogP contribution in [0.15, 0.2) is 30.3 Å². The zero-order chi connectivity index (χ0) is 17.1. The van der Waals surface area contributed by atoms with Crippen LogP contribution in [-0.2, 0) is 14.4 Å². The lowest BCUT2D eigenvalue weighted by molar-refractivity contribution is -0.136. The van der Waals surface area contributed by atoms with Crippen LogP contribution in [0.4, 0.5) is 5.69 Å². The zero-order valence-corrected chi connectivity index (χ0v) is 14.0. The molecule has 2 fully saturated rings. The Morgan fingerprint density at radius 1 is 1.00 bits per heavy atom. The number of hydrogen-bond donors (Lipinski definition) is 0. The molecule has 2 saturated heterocycles. The van der Waals surface area contributed by atoms with Gasteiger partial charge in [-0.2, -0.15) is 0 Å². The van der Waals surface area contributed by atoms with Gasteiger partial charge in [-0.25, -0.2) is 0 Å². The van der Waals surface area contributed by atoms with Gasteiger partial charge < -0.3 is 14.7 Å². The molecule has 128 valence electrons. The molecule has 0 aliphatic carbocycles. The van der Waals surface area contributed by atoms with Crippen LogP contribution in [0, 0.1) is 5.92 Å². The highest BCUT2D eigenvalue weighted by atomic mass is 16.2. The molecule has 0 N–H and O–H groups in total. The summed E-state index contributed by atoms with van der Waals surface area (Å²) in [7, 11) is 0. The molecule has 1 atom stereocenters. The van der Waals surface area contributed by atoms with Crippen molar-refractivity contribution in [3.05, 3.63) is 30.3 Å². The Hall–Kier alpha value is -2.37. The minimum atomic E-state index is -0.290. The van der Waals surface area contributed by atoms with Crippen LogP contribution in [0.2, 0.25) is 0 Å². The van der Waals surface area contributed by atoms with Crippen molar-refractivity contribution < 1.29 is 14.4 Å². The second-order valence-corrected chi connectivity index (χ2v) is 6.43. The SMILES string of the molecule is CC(=O)N1CCCN(C(=O)[C@@H]2CC(=O)N(c3ccccc3)C2)CC1. The molecule has 24 heavy (non-hydrogen) atoms. The standard InChI is InChI=1S/C18H23N3O3/c1-14(22)19-8-5-9-20(11-10-19)18(24)15-12-17(23)21(13-15)16-6-3-2-4-7-16/h2-4,6-7,15H,5,8-13H2,1H3/t15-/m1/s1. The molecule has 6 heteroatoms. The monoisotopic (exact) mass is 329 g/mol. The van der Waals surface area contributed by atoms with Crippen molar-refractivity contribution in [1.29, 1.82) is 0 Å². The summed E-state index contributed by atoms with van der Waals surface area (Å²) in [6.45, 7) is 4.47. The molecule has 0 unspecified atom stereocenters. The van der Waals surface area contributed by atoms with Crippen molar-refractivity contribution in [3.63, 3.8) is 0 Å². The van der Waals surface area contributed by atoms with E-state index in [1.807, 2.05) is 35.2 Å². The first-order valence-corrected chi connectivity index (χ1v) is 8.46. The molecule has 1 aromatic carbocycles. The van der Waals surface area contributed by atoms with E-state index in [1.165, 1.54) is 0 Å². The van der Waals surface area contributed by atoms with Crippen molar-refractivity contribution in [3.8, 4) is 0 Å². The highest BCUT2D eigenvalue weighted by Crippen LogP contribution is 2.26. The highest BCUT2D eigenvalue weighted by molar-refractivity contribution is 6.00. The van der Waals surface area contributed by atoms with E-state index in [0.717, 1.165) is 12.1 Å². The van der Waals surface area contributed by atoms with E-state index < -0.39 is 0 Å². The van der Waals surface area contributed by atoms with Crippen molar-refractivity contribution >= 4 is 23.4 Å². The lowest BCUT2D eigenvalue weighted by Gasteiger charge is -2.24. The Labute approximate surface area is 142 Å². The van der Waals surface area contributed by atoms with Gasteiger partial charge in [0.1, 0.15) is 0 Å². The van der Waals surface area contributed by atoms with E-state index in [2.05, 4.69) is 0 Å². The molecule has 2 aliphatic heterocycles. The molecule has 3 amide bonds. The van der Waals surface area contributed by atoms with Gasteiger partial charge in [0.15, 0.2) is 0 Å². The topological polar surface area (TPSA) is 60.9 Å². The Morgan fingerprint density at radius 3 is 2.38 bits per heavy atom. The number of nitrogens with zero attached hydrogens (tertiary/aromatic N) is 3. The first kappa shape index (κ1) is 16.5. The summed E-state index contributed by atoms with van der Waals surface area (Å²) < 4.78 is 0. The zero-order valence-electron chi connectivity index (χ0n) is 14.0. The fourth-order valence-electron chi connectivity index (χ4n) is 3.44. The average Bonchev–Trinajstić information content (AvgIpc) is 2.81. The van der Waals surface area contributed by atoms with Gasteiger partial charge in [-0.15, -0.1) is 0 Å². The number of carbonyl (C=O) groups excluding carboxylic acids is 3. The molecule has 2 heterocycles. The third-order valence-corrected chi connectivity index (χ3v) is 4.80. The summed E-state index contributed by atoms with van der Waals surface area (Å²) in [6, 6.07) is 9.47. The van der Waals surface area contributed by atoms with Gasteiger partial charge in [0, 0.05) is 51.8 Å². The van der Waals surface area contributed by atoms with Gasteiger partial charge in [0.25, 0.3) is 0 Å². The number of carbonyl (C=O) groups is 3.